The maximum atomic E-state index is 8.86. The highest BCUT2D eigenvalue weighted by Crippen LogP contribution is 2.32. The molecule has 1 aliphatic heterocycles. The van der Waals surface area contributed by atoms with E-state index in [1.807, 2.05) is 53.2 Å². The molecule has 1 atom stereocenters. The van der Waals surface area contributed by atoms with E-state index in [1.165, 1.54) is 0 Å². The molecule has 1 fully saturated rings. The summed E-state index contributed by atoms with van der Waals surface area (Å²) in [4.78, 5) is 8.70. The molecule has 0 bridgehead atoms. The molecule has 48 heavy (non-hydrogen) atoms. The standard InChI is InChI=1S/C17H17ClN4O.C14H14N4O2.C2H6O2.CH4/c18-13-10-16(19)21-14-9-11(4-5-12(13)14)15-6-7-20-22(15)17-3-1-2-8-23-17;15-14-8-13(20-6-5-19)10-2-1-9(7-12(10)17-14)11-3-4-16-18-11;3-1-2-4;/h4-7,9-10,17H,1-3,8H2,(H2,19,21);1-4,7-8,19H,5-6H2,(H2,15,17)(H,16,18);3-4H,1-2H2;1H4. The van der Waals surface area contributed by atoms with Crippen molar-refractivity contribution >= 4 is 45.0 Å². The van der Waals surface area contributed by atoms with Gasteiger partial charge in [0.05, 0.1) is 47.3 Å². The molecule has 6 aromatic rings. The Bertz CT molecular complexity index is 1890. The third-order valence-corrected chi connectivity index (χ3v) is 7.54. The van der Waals surface area contributed by atoms with Gasteiger partial charge in [-0.05, 0) is 55.7 Å². The Morgan fingerprint density at radius 1 is 0.854 bits per heavy atom. The lowest BCUT2D eigenvalue weighted by Gasteiger charge is -2.24. The molecule has 0 spiro atoms. The fourth-order valence-corrected chi connectivity index (χ4v) is 5.40. The molecule has 254 valence electrons. The van der Waals surface area contributed by atoms with Crippen molar-refractivity contribution in [2.24, 2.45) is 0 Å². The van der Waals surface area contributed by atoms with Crippen LogP contribution in [0.5, 0.6) is 5.75 Å². The number of nitrogens with zero attached hydrogens (tertiary/aromatic N) is 5. The average molecular weight is 677 g/mol. The van der Waals surface area contributed by atoms with Gasteiger partial charge in [-0.1, -0.05) is 37.2 Å². The van der Waals surface area contributed by atoms with Gasteiger partial charge in [0.2, 0.25) is 0 Å². The van der Waals surface area contributed by atoms with Crippen LogP contribution in [0.4, 0.5) is 11.6 Å². The average Bonchev–Trinajstić information content (AvgIpc) is 3.81. The lowest BCUT2D eigenvalue weighted by molar-refractivity contribution is -0.0383. The van der Waals surface area contributed by atoms with E-state index in [2.05, 4.69) is 25.3 Å². The van der Waals surface area contributed by atoms with Gasteiger partial charge in [0, 0.05) is 47.0 Å². The minimum absolute atomic E-state index is 0. The topological polar surface area (TPSA) is 203 Å². The number of nitrogens with one attached hydrogen (secondary N) is 1. The lowest BCUT2D eigenvalue weighted by Crippen LogP contribution is -2.19. The van der Waals surface area contributed by atoms with E-state index < -0.39 is 0 Å². The first kappa shape index (κ1) is 36.1. The van der Waals surface area contributed by atoms with E-state index >= 15 is 0 Å². The Balaban J connectivity index is 0.000000193. The zero-order chi connectivity index (χ0) is 33.2. The van der Waals surface area contributed by atoms with E-state index in [-0.39, 0.29) is 40.1 Å². The molecule has 1 aliphatic rings. The number of fused-ring (bicyclic) bond motifs is 2. The Kier molecular flexibility index (Phi) is 13.1. The number of aliphatic hydroxyl groups excluding tert-OH is 3. The van der Waals surface area contributed by atoms with Gasteiger partial charge in [-0.15, -0.1) is 0 Å². The van der Waals surface area contributed by atoms with Crippen molar-refractivity contribution in [3.05, 3.63) is 78.1 Å². The molecule has 0 aliphatic carbocycles. The highest BCUT2D eigenvalue weighted by molar-refractivity contribution is 6.35. The number of hydrogen-bond donors (Lipinski definition) is 6. The van der Waals surface area contributed by atoms with E-state index in [0.29, 0.717) is 22.4 Å². The molecule has 1 unspecified atom stereocenters. The predicted octanol–water partition coefficient (Wildman–Crippen LogP) is 5.22. The van der Waals surface area contributed by atoms with Gasteiger partial charge in [0.15, 0.2) is 6.23 Å². The smallest absolute Gasteiger partial charge is 0.150 e. The van der Waals surface area contributed by atoms with Crippen molar-refractivity contribution in [3.8, 4) is 28.3 Å². The molecule has 4 aromatic heterocycles. The van der Waals surface area contributed by atoms with Crippen molar-refractivity contribution in [2.45, 2.75) is 32.9 Å². The van der Waals surface area contributed by atoms with Crippen molar-refractivity contribution in [2.75, 3.05) is 44.5 Å². The number of nitrogens with two attached hydrogens (primary N) is 2. The van der Waals surface area contributed by atoms with Gasteiger partial charge in [0.25, 0.3) is 0 Å². The number of halogens is 1. The zero-order valence-corrected chi connectivity index (χ0v) is 26.3. The number of pyridine rings is 2. The number of H-pyrrole nitrogens is 1. The summed E-state index contributed by atoms with van der Waals surface area (Å²) in [5, 5.41) is 37.8. The lowest BCUT2D eigenvalue weighted by atomic mass is 10.1. The minimum atomic E-state index is -0.125. The Hall–Kier alpha value is -4.79. The first-order valence-electron chi connectivity index (χ1n) is 15.1. The van der Waals surface area contributed by atoms with Crippen LogP contribution in [-0.2, 0) is 4.74 Å². The van der Waals surface area contributed by atoms with Gasteiger partial charge < -0.3 is 36.3 Å². The summed E-state index contributed by atoms with van der Waals surface area (Å²) in [6, 6.07) is 19.0. The number of aromatic nitrogens is 6. The summed E-state index contributed by atoms with van der Waals surface area (Å²) >= 11 is 6.24. The summed E-state index contributed by atoms with van der Waals surface area (Å²) in [6.45, 7) is 0.714. The molecule has 14 heteroatoms. The van der Waals surface area contributed by atoms with E-state index in [4.69, 9.17) is 47.9 Å². The SMILES string of the molecule is C.Nc1cc(Cl)c2ccc(-c3ccnn3C3CCCCO3)cc2n1.Nc1cc(OCCO)c2ccc(-c3ccn[nH]3)cc2n1.OCCO. The summed E-state index contributed by atoms with van der Waals surface area (Å²) < 4.78 is 13.3. The highest BCUT2D eigenvalue weighted by Gasteiger charge is 2.20. The number of aliphatic hydroxyl groups is 3. The van der Waals surface area contributed by atoms with Gasteiger partial charge in [-0.3, -0.25) is 5.10 Å². The summed E-state index contributed by atoms with van der Waals surface area (Å²) in [6.07, 6.45) is 6.76. The predicted molar refractivity (Wildman–Crippen MR) is 188 cm³/mol. The van der Waals surface area contributed by atoms with Crippen LogP contribution in [0.2, 0.25) is 5.02 Å². The van der Waals surface area contributed by atoms with Crippen LogP contribution in [-0.4, -0.2) is 78.3 Å². The van der Waals surface area contributed by atoms with Gasteiger partial charge in [0.1, 0.15) is 24.0 Å². The fraction of sp³-hybridized carbons (Fsp3) is 0.294. The van der Waals surface area contributed by atoms with Crippen LogP contribution in [0, 0.1) is 0 Å². The molecule has 0 saturated carbocycles. The molecule has 5 heterocycles. The van der Waals surface area contributed by atoms with Gasteiger partial charge >= 0.3 is 0 Å². The summed E-state index contributed by atoms with van der Waals surface area (Å²) in [5.74, 6) is 1.42. The number of nitrogen functional groups attached to an aromatic ring is 2. The third kappa shape index (κ3) is 8.76. The largest absolute Gasteiger partial charge is 0.490 e. The quantitative estimate of drug-likeness (QED) is 0.129. The van der Waals surface area contributed by atoms with Crippen LogP contribution >= 0.6 is 11.6 Å². The monoisotopic (exact) mass is 676 g/mol. The number of aromatic amines is 1. The van der Waals surface area contributed by atoms with Crippen LogP contribution in [0.1, 0.15) is 32.9 Å². The first-order valence-corrected chi connectivity index (χ1v) is 15.5. The van der Waals surface area contributed by atoms with E-state index in [0.717, 1.165) is 70.2 Å². The number of hydrogen-bond acceptors (Lipinski definition) is 11. The number of rotatable bonds is 7. The highest BCUT2D eigenvalue weighted by atomic mass is 35.5. The molecule has 7 rings (SSSR count). The second-order valence-electron chi connectivity index (χ2n) is 10.5. The first-order chi connectivity index (χ1) is 22.9. The molecule has 2 aromatic carbocycles. The molecule has 0 amide bonds. The molecular formula is C34H41ClN8O5. The van der Waals surface area contributed by atoms with Crippen LogP contribution < -0.4 is 16.2 Å². The molecular weight excluding hydrogens is 636 g/mol. The van der Waals surface area contributed by atoms with Crippen molar-refractivity contribution in [1.82, 2.24) is 29.9 Å². The van der Waals surface area contributed by atoms with E-state index in [9.17, 15) is 0 Å². The normalized spacial score (nSPS) is 14.0. The van der Waals surface area contributed by atoms with E-state index in [1.54, 1.807) is 24.5 Å². The van der Waals surface area contributed by atoms with Crippen LogP contribution in [0.3, 0.4) is 0 Å². The second-order valence-corrected chi connectivity index (χ2v) is 10.9. The van der Waals surface area contributed by atoms with Crippen molar-refractivity contribution in [3.63, 3.8) is 0 Å². The molecule has 8 N–H and O–H groups in total. The number of benzene rings is 2. The van der Waals surface area contributed by atoms with Gasteiger partial charge in [-0.25, -0.2) is 14.6 Å². The Morgan fingerprint density at radius 3 is 2.25 bits per heavy atom. The molecule has 13 nitrogen and oxygen atoms in total. The summed E-state index contributed by atoms with van der Waals surface area (Å²) in [5.41, 5.74) is 17.0. The molecule has 1 saturated heterocycles. The number of ether oxygens (including phenoxy) is 2. The number of anilines is 2. The van der Waals surface area contributed by atoms with Crippen molar-refractivity contribution in [1.29, 1.82) is 0 Å². The van der Waals surface area contributed by atoms with Crippen LogP contribution in [0.25, 0.3) is 44.3 Å². The van der Waals surface area contributed by atoms with Crippen LogP contribution in [0.15, 0.2) is 73.1 Å². The second kappa shape index (κ2) is 17.4. The Labute approximate surface area is 283 Å². The Morgan fingerprint density at radius 2 is 1.56 bits per heavy atom. The maximum Gasteiger partial charge on any atom is 0.150 e. The fourth-order valence-electron chi connectivity index (χ4n) is 5.13. The minimum Gasteiger partial charge on any atom is -0.490 e. The maximum absolute atomic E-state index is 8.86. The zero-order valence-electron chi connectivity index (χ0n) is 25.6. The van der Waals surface area contributed by atoms with Gasteiger partial charge in [-0.2, -0.15) is 10.2 Å². The summed E-state index contributed by atoms with van der Waals surface area (Å²) in [7, 11) is 0. The van der Waals surface area contributed by atoms with Crippen molar-refractivity contribution < 1.29 is 24.8 Å². The third-order valence-electron chi connectivity index (χ3n) is 7.23. The molecule has 0 radical (unpaired) electrons.